The Morgan fingerprint density at radius 2 is 1.76 bits per heavy atom. The summed E-state index contributed by atoms with van der Waals surface area (Å²) in [6, 6.07) is 16.5. The zero-order chi connectivity index (χ0) is 20.5. The van der Waals surface area contributed by atoms with Crippen molar-refractivity contribution in [2.45, 2.75) is 13.8 Å². The molecule has 0 spiro atoms. The second kappa shape index (κ2) is 7.56. The molecule has 0 saturated carbocycles. The minimum absolute atomic E-state index is 0.281. The predicted octanol–water partition coefficient (Wildman–Crippen LogP) is 4.77. The van der Waals surface area contributed by atoms with Crippen molar-refractivity contribution in [3.8, 4) is 5.75 Å². The molecule has 0 atom stereocenters. The summed E-state index contributed by atoms with van der Waals surface area (Å²) in [5, 5.41) is 5.09. The molecule has 2 aromatic carbocycles. The lowest BCUT2D eigenvalue weighted by molar-refractivity contribution is -0.120. The summed E-state index contributed by atoms with van der Waals surface area (Å²) >= 11 is 1.43. The number of rotatable bonds is 5. The van der Waals surface area contributed by atoms with Crippen LogP contribution in [0.4, 0.5) is 11.4 Å². The summed E-state index contributed by atoms with van der Waals surface area (Å²) < 4.78 is 5.25. The molecule has 0 fully saturated rings. The molecule has 0 radical (unpaired) electrons. The minimum Gasteiger partial charge on any atom is -0.497 e. The van der Waals surface area contributed by atoms with Gasteiger partial charge in [0.25, 0.3) is 11.8 Å². The van der Waals surface area contributed by atoms with Crippen LogP contribution in [-0.2, 0) is 9.59 Å². The molecule has 3 aromatic rings. The van der Waals surface area contributed by atoms with Gasteiger partial charge in [-0.05, 0) is 60.7 Å². The van der Waals surface area contributed by atoms with Crippen LogP contribution >= 0.6 is 11.3 Å². The first-order chi connectivity index (χ1) is 14.0. The first-order valence-corrected chi connectivity index (χ1v) is 10.0. The van der Waals surface area contributed by atoms with E-state index in [0.717, 1.165) is 21.7 Å². The van der Waals surface area contributed by atoms with E-state index in [1.54, 1.807) is 31.4 Å². The molecular weight excluding hydrogens is 384 g/mol. The number of carbonyl (C=O) groups is 2. The van der Waals surface area contributed by atoms with Crippen molar-refractivity contribution in [3.05, 3.63) is 81.7 Å². The number of carbonyl (C=O) groups excluding carboxylic acids is 2. The molecule has 1 aliphatic heterocycles. The summed E-state index contributed by atoms with van der Waals surface area (Å²) in [4.78, 5) is 28.6. The monoisotopic (exact) mass is 404 g/mol. The van der Waals surface area contributed by atoms with Gasteiger partial charge in [-0.25, -0.2) is 4.90 Å². The lowest BCUT2D eigenvalue weighted by Crippen LogP contribution is -2.32. The van der Waals surface area contributed by atoms with Crippen LogP contribution in [0.25, 0.3) is 5.57 Å². The Bertz CT molecular complexity index is 1130. The predicted molar refractivity (Wildman–Crippen MR) is 116 cm³/mol. The first-order valence-electron chi connectivity index (χ1n) is 9.15. The summed E-state index contributed by atoms with van der Waals surface area (Å²) in [6.45, 7) is 4.05. The number of methoxy groups -OCH3 is 1. The summed E-state index contributed by atoms with van der Waals surface area (Å²) in [6.07, 6.45) is 0. The van der Waals surface area contributed by atoms with E-state index in [4.69, 9.17) is 4.74 Å². The fourth-order valence-corrected chi connectivity index (χ4v) is 4.01. The lowest BCUT2D eigenvalue weighted by Gasteiger charge is -2.16. The largest absolute Gasteiger partial charge is 0.497 e. The van der Waals surface area contributed by atoms with Crippen molar-refractivity contribution in [3.63, 3.8) is 0 Å². The normalized spacial score (nSPS) is 14.0. The number of nitrogens with one attached hydrogen (secondary N) is 1. The van der Waals surface area contributed by atoms with E-state index in [9.17, 15) is 9.59 Å². The number of hydrogen-bond donors (Lipinski definition) is 1. The molecule has 5 nitrogen and oxygen atoms in total. The number of hydrogen-bond acceptors (Lipinski definition) is 5. The highest BCUT2D eigenvalue weighted by atomic mass is 32.1. The van der Waals surface area contributed by atoms with E-state index in [0.29, 0.717) is 17.0 Å². The van der Waals surface area contributed by atoms with E-state index in [2.05, 4.69) is 5.32 Å². The van der Waals surface area contributed by atoms with Crippen molar-refractivity contribution in [1.29, 1.82) is 0 Å². The molecule has 0 unspecified atom stereocenters. The van der Waals surface area contributed by atoms with Crippen LogP contribution in [0.15, 0.2) is 65.7 Å². The molecular formula is C23H20N2O3S. The Kier molecular flexibility index (Phi) is 4.94. The third-order valence-corrected chi connectivity index (χ3v) is 5.83. The van der Waals surface area contributed by atoms with Gasteiger partial charge in [0.15, 0.2) is 0 Å². The van der Waals surface area contributed by atoms with Crippen LogP contribution in [0.2, 0.25) is 0 Å². The van der Waals surface area contributed by atoms with E-state index >= 15 is 0 Å². The van der Waals surface area contributed by atoms with Crippen molar-refractivity contribution in [2.75, 3.05) is 17.3 Å². The Morgan fingerprint density at radius 3 is 2.45 bits per heavy atom. The maximum absolute atomic E-state index is 13.3. The quantitative estimate of drug-likeness (QED) is 0.623. The van der Waals surface area contributed by atoms with E-state index < -0.39 is 0 Å². The third-order valence-electron chi connectivity index (χ3n) is 4.94. The number of anilines is 2. The lowest BCUT2D eigenvalue weighted by atomic mass is 10.1. The number of imide groups is 1. The molecule has 0 bridgehead atoms. The number of ether oxygens (including phenoxy) is 1. The molecule has 2 amide bonds. The van der Waals surface area contributed by atoms with Crippen LogP contribution in [0, 0.1) is 13.8 Å². The molecule has 1 N–H and O–H groups in total. The Hall–Kier alpha value is -3.38. The highest BCUT2D eigenvalue weighted by Crippen LogP contribution is 2.36. The number of benzene rings is 2. The van der Waals surface area contributed by atoms with Gasteiger partial charge in [0.2, 0.25) is 0 Å². The first kappa shape index (κ1) is 19.0. The standard InChI is InChI=1S/C23H20N2O3S/c1-14-9-10-16(12-15(14)2)24-21-20(19-8-5-11-29-19)22(26)25(23(21)27)17-6-4-7-18(13-17)28-3/h4-13,24H,1-3H3. The van der Waals surface area contributed by atoms with Crippen molar-refractivity contribution >= 4 is 40.1 Å². The van der Waals surface area contributed by atoms with Gasteiger partial charge in [0.1, 0.15) is 11.4 Å². The van der Waals surface area contributed by atoms with E-state index in [-0.39, 0.29) is 17.5 Å². The zero-order valence-electron chi connectivity index (χ0n) is 16.4. The topological polar surface area (TPSA) is 58.6 Å². The van der Waals surface area contributed by atoms with Crippen LogP contribution in [-0.4, -0.2) is 18.9 Å². The van der Waals surface area contributed by atoms with Gasteiger partial charge in [-0.1, -0.05) is 18.2 Å². The highest BCUT2D eigenvalue weighted by Gasteiger charge is 2.40. The van der Waals surface area contributed by atoms with Gasteiger partial charge in [0, 0.05) is 16.6 Å². The van der Waals surface area contributed by atoms with Gasteiger partial charge in [0.05, 0.1) is 18.4 Å². The van der Waals surface area contributed by atoms with Crippen LogP contribution in [0.3, 0.4) is 0 Å². The smallest absolute Gasteiger partial charge is 0.282 e. The van der Waals surface area contributed by atoms with E-state index in [1.807, 2.05) is 49.6 Å². The molecule has 29 heavy (non-hydrogen) atoms. The SMILES string of the molecule is COc1cccc(N2C(=O)C(Nc3ccc(C)c(C)c3)=C(c3cccs3)C2=O)c1. The second-order valence-electron chi connectivity index (χ2n) is 6.80. The van der Waals surface area contributed by atoms with Crippen molar-refractivity contribution < 1.29 is 14.3 Å². The minimum atomic E-state index is -0.384. The van der Waals surface area contributed by atoms with Crippen molar-refractivity contribution in [1.82, 2.24) is 0 Å². The molecule has 1 aromatic heterocycles. The van der Waals surface area contributed by atoms with Gasteiger partial charge < -0.3 is 10.1 Å². The highest BCUT2D eigenvalue weighted by molar-refractivity contribution is 7.11. The Balaban J connectivity index is 1.79. The van der Waals surface area contributed by atoms with Gasteiger partial charge in [-0.3, -0.25) is 9.59 Å². The molecule has 0 aliphatic carbocycles. The molecule has 2 heterocycles. The van der Waals surface area contributed by atoms with Crippen molar-refractivity contribution in [2.24, 2.45) is 0 Å². The van der Waals surface area contributed by atoms with Crippen LogP contribution in [0.1, 0.15) is 16.0 Å². The van der Waals surface area contributed by atoms with Gasteiger partial charge >= 0.3 is 0 Å². The molecule has 4 rings (SSSR count). The maximum atomic E-state index is 13.3. The number of amides is 2. The summed E-state index contributed by atoms with van der Waals surface area (Å²) in [5.74, 6) is -0.154. The fourth-order valence-electron chi connectivity index (χ4n) is 3.24. The number of aryl methyl sites for hydroxylation is 2. The maximum Gasteiger partial charge on any atom is 0.282 e. The van der Waals surface area contributed by atoms with E-state index in [1.165, 1.54) is 16.2 Å². The fraction of sp³-hybridized carbons (Fsp3) is 0.130. The molecule has 1 aliphatic rings. The average Bonchev–Trinajstić information content (AvgIpc) is 3.32. The Labute approximate surface area is 173 Å². The summed E-state index contributed by atoms with van der Waals surface area (Å²) in [5.41, 5.74) is 4.18. The molecule has 6 heteroatoms. The van der Waals surface area contributed by atoms with Crippen LogP contribution < -0.4 is 15.0 Å². The number of thiophene rings is 1. The molecule has 0 saturated heterocycles. The molecule has 146 valence electrons. The summed E-state index contributed by atoms with van der Waals surface area (Å²) in [7, 11) is 1.55. The third kappa shape index (κ3) is 3.43. The Morgan fingerprint density at radius 1 is 0.931 bits per heavy atom. The van der Waals surface area contributed by atoms with Gasteiger partial charge in [-0.2, -0.15) is 0 Å². The number of nitrogens with zero attached hydrogens (tertiary/aromatic N) is 1. The van der Waals surface area contributed by atoms with Gasteiger partial charge in [-0.15, -0.1) is 11.3 Å². The second-order valence-corrected chi connectivity index (χ2v) is 7.75. The zero-order valence-corrected chi connectivity index (χ0v) is 17.2. The average molecular weight is 404 g/mol. The van der Waals surface area contributed by atoms with Crippen LogP contribution in [0.5, 0.6) is 5.75 Å².